The van der Waals surface area contributed by atoms with Gasteiger partial charge in [0.2, 0.25) is 0 Å². The number of aromatic nitrogens is 2. The van der Waals surface area contributed by atoms with Crippen molar-refractivity contribution in [3.05, 3.63) is 25.9 Å². The van der Waals surface area contributed by atoms with E-state index in [9.17, 15) is 4.79 Å². The first-order chi connectivity index (χ1) is 7.91. The molecule has 1 rings (SSSR count). The molecule has 96 valence electrons. The number of rotatable bonds is 5. The van der Waals surface area contributed by atoms with Crippen LogP contribution < -0.4 is 10.9 Å². The Bertz CT molecular complexity index is 428. The van der Waals surface area contributed by atoms with Crippen LogP contribution in [-0.2, 0) is 6.54 Å². The number of hydrogen-bond acceptors (Lipinski definition) is 3. The molecule has 4 nitrogen and oxygen atoms in total. The van der Waals surface area contributed by atoms with E-state index in [1.807, 2.05) is 29.5 Å². The monoisotopic (exact) mass is 349 g/mol. The number of aryl methyl sites for hydroxylation is 1. The van der Waals surface area contributed by atoms with E-state index in [1.165, 1.54) is 0 Å². The third-order valence-corrected chi connectivity index (χ3v) is 3.31. The van der Waals surface area contributed by atoms with Crippen LogP contribution in [0.3, 0.4) is 0 Å². The van der Waals surface area contributed by atoms with E-state index in [4.69, 9.17) is 0 Å². The summed E-state index contributed by atoms with van der Waals surface area (Å²) in [7, 11) is 0. The van der Waals surface area contributed by atoms with Crippen molar-refractivity contribution in [1.82, 2.24) is 14.9 Å². The quantitative estimate of drug-likeness (QED) is 0.825. The molecule has 1 aromatic rings. The van der Waals surface area contributed by atoms with Crippen LogP contribution in [0.2, 0.25) is 0 Å². The van der Waals surface area contributed by atoms with Crippen LogP contribution in [0.4, 0.5) is 0 Å². The molecule has 1 heterocycles. The molecule has 5 heteroatoms. The molecule has 1 unspecified atom stereocenters. The Morgan fingerprint density at radius 3 is 2.71 bits per heavy atom. The topological polar surface area (TPSA) is 46.9 Å². The second-order valence-electron chi connectivity index (χ2n) is 4.74. The van der Waals surface area contributed by atoms with Gasteiger partial charge in [0.1, 0.15) is 5.82 Å². The summed E-state index contributed by atoms with van der Waals surface area (Å²) in [4.78, 5) is 16.2. The van der Waals surface area contributed by atoms with Gasteiger partial charge in [0.15, 0.2) is 0 Å². The molecule has 0 fully saturated rings. The second kappa shape index (κ2) is 6.49. The first-order valence-corrected chi connectivity index (χ1v) is 6.95. The minimum atomic E-state index is 0.0643. The van der Waals surface area contributed by atoms with Crippen molar-refractivity contribution in [2.24, 2.45) is 5.92 Å². The van der Waals surface area contributed by atoms with Gasteiger partial charge in [0.25, 0.3) is 5.56 Å². The number of halogens is 1. The van der Waals surface area contributed by atoms with Gasteiger partial charge in [0, 0.05) is 18.8 Å². The summed E-state index contributed by atoms with van der Waals surface area (Å²) >= 11 is 2.03. The fourth-order valence-electron chi connectivity index (χ4n) is 1.58. The van der Waals surface area contributed by atoms with Gasteiger partial charge in [-0.1, -0.05) is 20.8 Å². The number of nitrogens with zero attached hydrogens (tertiary/aromatic N) is 2. The molecule has 0 aliphatic heterocycles. The van der Waals surface area contributed by atoms with E-state index >= 15 is 0 Å². The molecule has 0 aromatic carbocycles. The molecular weight excluding hydrogens is 329 g/mol. The molecule has 0 bridgehead atoms. The second-order valence-corrected chi connectivity index (χ2v) is 5.90. The Balaban J connectivity index is 2.74. The van der Waals surface area contributed by atoms with Crippen molar-refractivity contribution >= 4 is 22.6 Å². The van der Waals surface area contributed by atoms with E-state index in [-0.39, 0.29) is 5.56 Å². The van der Waals surface area contributed by atoms with Crippen molar-refractivity contribution in [3.8, 4) is 0 Å². The lowest BCUT2D eigenvalue weighted by atomic mass is 10.1. The van der Waals surface area contributed by atoms with Crippen molar-refractivity contribution in [2.75, 3.05) is 6.54 Å². The lowest BCUT2D eigenvalue weighted by Gasteiger charge is -2.17. The van der Waals surface area contributed by atoms with Gasteiger partial charge in [-0.25, -0.2) is 4.98 Å². The molecule has 0 spiro atoms. The summed E-state index contributed by atoms with van der Waals surface area (Å²) in [6, 6.07) is 0.476. The van der Waals surface area contributed by atoms with Crippen LogP contribution in [0.25, 0.3) is 0 Å². The number of nitrogens with one attached hydrogen (secondary N) is 1. The fraction of sp³-hybridized carbons (Fsp3) is 0.667. The van der Waals surface area contributed by atoms with E-state index in [1.54, 1.807) is 10.8 Å². The van der Waals surface area contributed by atoms with Crippen molar-refractivity contribution in [3.63, 3.8) is 0 Å². The maximum absolute atomic E-state index is 12.0. The van der Waals surface area contributed by atoms with Crippen molar-refractivity contribution in [1.29, 1.82) is 0 Å². The van der Waals surface area contributed by atoms with Gasteiger partial charge >= 0.3 is 0 Å². The van der Waals surface area contributed by atoms with Crippen molar-refractivity contribution in [2.45, 2.75) is 40.3 Å². The van der Waals surface area contributed by atoms with E-state index in [0.29, 0.717) is 22.1 Å². The highest BCUT2D eigenvalue weighted by Gasteiger charge is 2.09. The summed E-state index contributed by atoms with van der Waals surface area (Å²) in [6.07, 6.45) is 1.63. The lowest BCUT2D eigenvalue weighted by molar-refractivity contribution is 0.412. The summed E-state index contributed by atoms with van der Waals surface area (Å²) in [5.74, 6) is 1.20. The molecule has 1 atom stereocenters. The SMILES string of the molecule is Cc1ncc(I)c(=O)n1CC(C)CNC(C)C. The maximum atomic E-state index is 12.0. The molecule has 0 radical (unpaired) electrons. The van der Waals surface area contributed by atoms with Gasteiger partial charge in [-0.15, -0.1) is 0 Å². The molecule has 1 aromatic heterocycles. The van der Waals surface area contributed by atoms with E-state index in [2.05, 4.69) is 31.1 Å². The molecule has 0 aliphatic carbocycles. The van der Waals surface area contributed by atoms with Gasteiger partial charge in [-0.3, -0.25) is 9.36 Å². The normalized spacial score (nSPS) is 13.1. The Kier molecular flexibility index (Phi) is 5.58. The lowest BCUT2D eigenvalue weighted by Crippen LogP contribution is -2.33. The van der Waals surface area contributed by atoms with Gasteiger partial charge in [0.05, 0.1) is 3.57 Å². The summed E-state index contributed by atoms with van der Waals surface area (Å²) in [6.45, 7) is 9.89. The fourth-order valence-corrected chi connectivity index (χ4v) is 2.01. The molecular formula is C12H20IN3O. The maximum Gasteiger partial charge on any atom is 0.266 e. The third kappa shape index (κ3) is 4.39. The highest BCUT2D eigenvalue weighted by molar-refractivity contribution is 14.1. The highest BCUT2D eigenvalue weighted by Crippen LogP contribution is 2.02. The highest BCUT2D eigenvalue weighted by atomic mass is 127. The van der Waals surface area contributed by atoms with Crippen LogP contribution in [0.15, 0.2) is 11.0 Å². The average molecular weight is 349 g/mol. The standard InChI is InChI=1S/C12H20IN3O/c1-8(2)14-5-9(3)7-16-10(4)15-6-11(13)12(16)17/h6,8-9,14H,5,7H2,1-4H3. The molecule has 17 heavy (non-hydrogen) atoms. The Morgan fingerprint density at radius 2 is 2.12 bits per heavy atom. The van der Waals surface area contributed by atoms with Gasteiger partial charge in [-0.05, 0) is 42.0 Å². The largest absolute Gasteiger partial charge is 0.314 e. The van der Waals surface area contributed by atoms with Crippen LogP contribution in [0.5, 0.6) is 0 Å². The number of hydrogen-bond donors (Lipinski definition) is 1. The van der Waals surface area contributed by atoms with Crippen LogP contribution in [0, 0.1) is 16.4 Å². The minimum absolute atomic E-state index is 0.0643. The summed E-state index contributed by atoms with van der Waals surface area (Å²) in [5.41, 5.74) is 0.0643. The minimum Gasteiger partial charge on any atom is -0.314 e. The summed E-state index contributed by atoms with van der Waals surface area (Å²) < 4.78 is 2.44. The zero-order valence-electron chi connectivity index (χ0n) is 10.8. The molecule has 0 saturated heterocycles. The Hall–Kier alpha value is -0.430. The molecule has 0 aliphatic rings. The predicted molar refractivity (Wildman–Crippen MR) is 78.3 cm³/mol. The smallest absolute Gasteiger partial charge is 0.266 e. The predicted octanol–water partition coefficient (Wildman–Crippen LogP) is 1.79. The van der Waals surface area contributed by atoms with Crippen LogP contribution in [-0.4, -0.2) is 22.1 Å². The van der Waals surface area contributed by atoms with Gasteiger partial charge in [-0.2, -0.15) is 0 Å². The molecule has 0 saturated carbocycles. The zero-order valence-corrected chi connectivity index (χ0v) is 13.0. The molecule has 1 N–H and O–H groups in total. The first-order valence-electron chi connectivity index (χ1n) is 5.87. The van der Waals surface area contributed by atoms with Gasteiger partial charge < -0.3 is 5.32 Å². The van der Waals surface area contributed by atoms with E-state index in [0.717, 1.165) is 12.4 Å². The summed E-state index contributed by atoms with van der Waals surface area (Å²) in [5, 5.41) is 3.38. The third-order valence-electron chi connectivity index (χ3n) is 2.57. The molecule has 0 amide bonds. The Morgan fingerprint density at radius 1 is 1.47 bits per heavy atom. The van der Waals surface area contributed by atoms with E-state index < -0.39 is 0 Å². The van der Waals surface area contributed by atoms with Crippen LogP contribution in [0.1, 0.15) is 26.6 Å². The first kappa shape index (κ1) is 14.6. The zero-order chi connectivity index (χ0) is 13.0. The Labute approximate surface area is 116 Å². The average Bonchev–Trinajstić information content (AvgIpc) is 2.27. The van der Waals surface area contributed by atoms with Crippen molar-refractivity contribution < 1.29 is 0 Å². The van der Waals surface area contributed by atoms with Crippen LogP contribution >= 0.6 is 22.6 Å².